The van der Waals surface area contributed by atoms with E-state index in [1.807, 2.05) is 0 Å². The predicted octanol–water partition coefficient (Wildman–Crippen LogP) is 6.02. The van der Waals surface area contributed by atoms with Crippen molar-refractivity contribution >= 4 is 24.7 Å². The molecule has 0 aromatic carbocycles. The molecule has 2 fully saturated rings. The SMILES string of the molecule is CCC[SiH]1CCC(C2CCC(CCCBr)CC2)CC1. The average Bonchev–Trinajstić information content (AvgIpc) is 2.47. The van der Waals surface area contributed by atoms with Crippen LogP contribution in [-0.2, 0) is 0 Å². The van der Waals surface area contributed by atoms with Crippen molar-refractivity contribution in [2.24, 2.45) is 17.8 Å². The zero-order chi connectivity index (χ0) is 13.5. The molecule has 0 nitrogen and oxygen atoms in total. The molecule has 1 heterocycles. The molecule has 0 amide bonds. The highest BCUT2D eigenvalue weighted by Gasteiger charge is 2.30. The fourth-order valence-corrected chi connectivity index (χ4v) is 8.48. The minimum atomic E-state index is -0.252. The van der Waals surface area contributed by atoms with Crippen LogP contribution in [0.25, 0.3) is 0 Å². The lowest BCUT2D eigenvalue weighted by Crippen LogP contribution is -2.28. The molecule has 0 atom stereocenters. The van der Waals surface area contributed by atoms with Gasteiger partial charge in [0.05, 0.1) is 0 Å². The van der Waals surface area contributed by atoms with Crippen molar-refractivity contribution in [2.45, 2.75) is 82.8 Å². The van der Waals surface area contributed by atoms with Crippen LogP contribution in [-0.4, -0.2) is 14.1 Å². The summed E-state index contributed by atoms with van der Waals surface area (Å²) in [7, 11) is -0.252. The lowest BCUT2D eigenvalue weighted by Gasteiger charge is -2.37. The predicted molar refractivity (Wildman–Crippen MR) is 93.1 cm³/mol. The number of hydrogen-bond donors (Lipinski definition) is 0. The summed E-state index contributed by atoms with van der Waals surface area (Å²) in [6, 6.07) is 5.00. The van der Waals surface area contributed by atoms with Crippen molar-refractivity contribution in [1.29, 1.82) is 0 Å². The molecule has 1 aliphatic carbocycles. The number of hydrogen-bond acceptors (Lipinski definition) is 0. The van der Waals surface area contributed by atoms with Gasteiger partial charge in [0.2, 0.25) is 0 Å². The monoisotopic (exact) mass is 344 g/mol. The first-order valence-electron chi connectivity index (χ1n) is 8.89. The summed E-state index contributed by atoms with van der Waals surface area (Å²) in [5.41, 5.74) is 0. The van der Waals surface area contributed by atoms with Gasteiger partial charge in [-0.15, -0.1) is 0 Å². The molecule has 0 aromatic heterocycles. The fourth-order valence-electron chi connectivity index (χ4n) is 4.67. The molecule has 2 heteroatoms. The fraction of sp³-hybridized carbons (Fsp3) is 1.00. The second-order valence-electron chi connectivity index (χ2n) is 7.18. The van der Waals surface area contributed by atoms with Gasteiger partial charge in [-0.05, 0) is 43.4 Å². The van der Waals surface area contributed by atoms with Crippen LogP contribution in [0.3, 0.4) is 0 Å². The third kappa shape index (κ3) is 5.19. The van der Waals surface area contributed by atoms with Gasteiger partial charge in [0.1, 0.15) is 0 Å². The van der Waals surface area contributed by atoms with Crippen molar-refractivity contribution < 1.29 is 0 Å². The maximum Gasteiger partial charge on any atom is 0.0367 e. The van der Waals surface area contributed by atoms with Gasteiger partial charge >= 0.3 is 0 Å². The van der Waals surface area contributed by atoms with E-state index in [0.717, 1.165) is 17.8 Å². The van der Waals surface area contributed by atoms with Crippen LogP contribution in [0.5, 0.6) is 0 Å². The summed E-state index contributed by atoms with van der Waals surface area (Å²) in [5.74, 6) is 3.33. The topological polar surface area (TPSA) is 0 Å². The smallest absolute Gasteiger partial charge is 0.0367 e. The van der Waals surface area contributed by atoms with Crippen LogP contribution in [0.1, 0.15) is 64.7 Å². The second kappa shape index (κ2) is 8.87. The Labute approximate surface area is 130 Å². The summed E-state index contributed by atoms with van der Waals surface area (Å²) in [6.45, 7) is 2.38. The van der Waals surface area contributed by atoms with Crippen molar-refractivity contribution in [3.05, 3.63) is 0 Å². The Hall–Kier alpha value is 0.697. The Kier molecular flexibility index (Phi) is 7.50. The Balaban J connectivity index is 1.65. The molecule has 2 aliphatic rings. The lowest BCUT2D eigenvalue weighted by molar-refractivity contribution is 0.186. The molecule has 0 radical (unpaired) electrons. The minimum absolute atomic E-state index is 0.252. The van der Waals surface area contributed by atoms with Crippen LogP contribution in [0.4, 0.5) is 0 Å². The number of alkyl halides is 1. The highest BCUT2D eigenvalue weighted by molar-refractivity contribution is 9.09. The van der Waals surface area contributed by atoms with E-state index in [1.165, 1.54) is 24.6 Å². The van der Waals surface area contributed by atoms with Crippen molar-refractivity contribution in [1.82, 2.24) is 0 Å². The van der Waals surface area contributed by atoms with Gasteiger partial charge < -0.3 is 0 Å². The standard InChI is InChI=1S/C17H33BrSi/c1-2-12-19-13-9-17(10-14-19)16-7-5-15(6-8-16)4-3-11-18/h15-17,19H,2-14H2,1H3. The second-order valence-corrected chi connectivity index (χ2v) is 11.4. The summed E-state index contributed by atoms with van der Waals surface area (Å²) >= 11 is 3.57. The summed E-state index contributed by atoms with van der Waals surface area (Å²) in [4.78, 5) is 0. The van der Waals surface area contributed by atoms with Crippen LogP contribution < -0.4 is 0 Å². The third-order valence-corrected chi connectivity index (χ3v) is 10.1. The van der Waals surface area contributed by atoms with Crippen LogP contribution in [0.2, 0.25) is 18.1 Å². The maximum absolute atomic E-state index is 3.57. The van der Waals surface area contributed by atoms with Crippen molar-refractivity contribution in [2.75, 3.05) is 5.33 Å². The molecule has 0 aromatic rings. The zero-order valence-electron chi connectivity index (χ0n) is 12.9. The third-order valence-electron chi connectivity index (χ3n) is 5.89. The largest absolute Gasteiger partial charge is 0.0928 e. The molecule has 2 rings (SSSR count). The van der Waals surface area contributed by atoms with Crippen LogP contribution >= 0.6 is 15.9 Å². The molecular formula is C17H33BrSi. The number of rotatable bonds is 6. The molecular weight excluding hydrogens is 312 g/mol. The summed E-state index contributed by atoms with van der Waals surface area (Å²) < 4.78 is 0. The van der Waals surface area contributed by atoms with Gasteiger partial charge in [-0.3, -0.25) is 0 Å². The summed E-state index contributed by atoms with van der Waals surface area (Å²) in [6.07, 6.45) is 13.8. The first kappa shape index (κ1) is 16.1. The van der Waals surface area contributed by atoms with E-state index in [9.17, 15) is 0 Å². The van der Waals surface area contributed by atoms with E-state index >= 15 is 0 Å². The van der Waals surface area contributed by atoms with E-state index in [-0.39, 0.29) is 8.80 Å². The maximum atomic E-state index is 3.57. The molecule has 112 valence electrons. The van der Waals surface area contributed by atoms with Gasteiger partial charge in [-0.2, -0.15) is 0 Å². The summed E-state index contributed by atoms with van der Waals surface area (Å²) in [5, 5.41) is 1.21. The highest BCUT2D eigenvalue weighted by Crippen LogP contribution is 2.41. The molecule has 1 saturated carbocycles. The van der Waals surface area contributed by atoms with Crippen LogP contribution in [0, 0.1) is 17.8 Å². The molecule has 19 heavy (non-hydrogen) atoms. The molecule has 0 N–H and O–H groups in total. The average molecular weight is 345 g/mol. The van der Waals surface area contributed by atoms with E-state index in [2.05, 4.69) is 22.9 Å². The Morgan fingerprint density at radius 3 is 2.16 bits per heavy atom. The van der Waals surface area contributed by atoms with E-state index in [1.54, 1.807) is 56.7 Å². The van der Waals surface area contributed by atoms with Crippen molar-refractivity contribution in [3.63, 3.8) is 0 Å². The highest BCUT2D eigenvalue weighted by atomic mass is 79.9. The molecule has 0 unspecified atom stereocenters. The van der Waals surface area contributed by atoms with Gasteiger partial charge in [0.15, 0.2) is 0 Å². The van der Waals surface area contributed by atoms with E-state index in [4.69, 9.17) is 0 Å². The van der Waals surface area contributed by atoms with E-state index in [0.29, 0.717) is 0 Å². The quantitative estimate of drug-likeness (QED) is 0.408. The lowest BCUT2D eigenvalue weighted by atomic mass is 9.73. The Morgan fingerprint density at radius 2 is 1.58 bits per heavy atom. The Morgan fingerprint density at radius 1 is 0.947 bits per heavy atom. The molecule has 1 aliphatic heterocycles. The number of halogens is 1. The Bertz CT molecular complexity index is 227. The first-order valence-corrected chi connectivity index (χ1v) is 12.5. The molecule has 0 spiro atoms. The van der Waals surface area contributed by atoms with Gasteiger partial charge in [0, 0.05) is 14.1 Å². The van der Waals surface area contributed by atoms with Gasteiger partial charge in [0.25, 0.3) is 0 Å². The zero-order valence-corrected chi connectivity index (χ0v) is 15.6. The molecule has 0 bridgehead atoms. The minimum Gasteiger partial charge on any atom is -0.0928 e. The van der Waals surface area contributed by atoms with Gasteiger partial charge in [-0.1, -0.05) is 73.1 Å². The van der Waals surface area contributed by atoms with Crippen molar-refractivity contribution in [3.8, 4) is 0 Å². The molecule has 1 saturated heterocycles. The first-order chi connectivity index (χ1) is 9.33. The van der Waals surface area contributed by atoms with E-state index < -0.39 is 0 Å². The van der Waals surface area contributed by atoms with Gasteiger partial charge in [-0.25, -0.2) is 0 Å². The normalized spacial score (nSPS) is 36.3. The van der Waals surface area contributed by atoms with Crippen LogP contribution in [0.15, 0.2) is 0 Å².